The van der Waals surface area contributed by atoms with Gasteiger partial charge in [0.25, 0.3) is 0 Å². The van der Waals surface area contributed by atoms with Crippen molar-refractivity contribution in [2.45, 2.75) is 25.8 Å². The zero-order valence-electron chi connectivity index (χ0n) is 15.0. The molecule has 0 aromatic heterocycles. The van der Waals surface area contributed by atoms with Crippen LogP contribution in [-0.4, -0.2) is 29.9 Å². The molecule has 1 atom stereocenters. The van der Waals surface area contributed by atoms with Gasteiger partial charge in [0.1, 0.15) is 0 Å². The quantitative estimate of drug-likeness (QED) is 0.880. The third-order valence-electron chi connectivity index (χ3n) is 4.83. The average molecular weight is 351 g/mol. The molecule has 26 heavy (non-hydrogen) atoms. The molecule has 2 N–H and O–H groups in total. The van der Waals surface area contributed by atoms with Gasteiger partial charge in [0.2, 0.25) is 5.91 Å². The van der Waals surface area contributed by atoms with Gasteiger partial charge in [-0.1, -0.05) is 48.5 Å². The highest BCUT2D eigenvalue weighted by molar-refractivity contribution is 5.92. The van der Waals surface area contributed by atoms with Gasteiger partial charge >= 0.3 is 6.03 Å². The van der Waals surface area contributed by atoms with E-state index in [1.165, 1.54) is 0 Å². The first-order valence-corrected chi connectivity index (χ1v) is 9.10. The first-order chi connectivity index (χ1) is 12.6. The molecule has 136 valence electrons. The summed E-state index contributed by atoms with van der Waals surface area (Å²) in [4.78, 5) is 26.6. The van der Waals surface area contributed by atoms with Crippen LogP contribution in [0.2, 0.25) is 0 Å². The van der Waals surface area contributed by atoms with Crippen LogP contribution in [0.25, 0.3) is 0 Å². The van der Waals surface area contributed by atoms with E-state index < -0.39 is 0 Å². The van der Waals surface area contributed by atoms with Crippen molar-refractivity contribution in [2.75, 3.05) is 18.4 Å². The number of rotatable bonds is 4. The van der Waals surface area contributed by atoms with Gasteiger partial charge in [0, 0.05) is 24.7 Å². The Labute approximate surface area is 154 Å². The molecule has 5 heteroatoms. The molecular formula is C21H25N3O2. The second-order valence-corrected chi connectivity index (χ2v) is 6.70. The van der Waals surface area contributed by atoms with Crippen molar-refractivity contribution in [3.63, 3.8) is 0 Å². The zero-order chi connectivity index (χ0) is 18.4. The number of hydrogen-bond acceptors (Lipinski definition) is 2. The minimum Gasteiger partial charge on any atom is -0.331 e. The molecule has 0 aliphatic carbocycles. The lowest BCUT2D eigenvalue weighted by atomic mass is 9.96. The zero-order valence-corrected chi connectivity index (χ0v) is 15.0. The number of carbonyl (C=O) groups excluding carboxylic acids is 2. The molecule has 0 saturated carbocycles. The lowest BCUT2D eigenvalue weighted by molar-refractivity contribution is -0.121. The Bertz CT molecular complexity index is 725. The van der Waals surface area contributed by atoms with Crippen molar-refractivity contribution in [1.82, 2.24) is 10.2 Å². The van der Waals surface area contributed by atoms with Gasteiger partial charge in [-0.3, -0.25) is 4.79 Å². The fourth-order valence-electron chi connectivity index (χ4n) is 3.21. The van der Waals surface area contributed by atoms with Crippen molar-refractivity contribution in [3.05, 3.63) is 66.2 Å². The monoisotopic (exact) mass is 351 g/mol. The third-order valence-corrected chi connectivity index (χ3v) is 4.83. The Morgan fingerprint density at radius 2 is 1.54 bits per heavy atom. The maximum atomic E-state index is 12.5. The van der Waals surface area contributed by atoms with Gasteiger partial charge in [0.15, 0.2) is 0 Å². The predicted octanol–water partition coefficient (Wildman–Crippen LogP) is 3.81. The topological polar surface area (TPSA) is 61.4 Å². The van der Waals surface area contributed by atoms with E-state index in [1.807, 2.05) is 67.6 Å². The van der Waals surface area contributed by atoms with E-state index in [2.05, 4.69) is 10.6 Å². The standard InChI is InChI=1S/C21H25N3O2/c1-16(17-8-4-2-5-9-17)22-21(26)24-14-12-18(13-15-24)20(25)23-19-10-6-3-7-11-19/h2-11,16,18H,12-15H2,1H3,(H,22,26)(H,23,25). The molecule has 2 aromatic carbocycles. The van der Waals surface area contributed by atoms with Crippen LogP contribution in [0.1, 0.15) is 31.4 Å². The van der Waals surface area contributed by atoms with Gasteiger partial charge in [-0.15, -0.1) is 0 Å². The summed E-state index contributed by atoms with van der Waals surface area (Å²) >= 11 is 0. The second kappa shape index (κ2) is 8.52. The second-order valence-electron chi connectivity index (χ2n) is 6.70. The van der Waals surface area contributed by atoms with Crippen LogP contribution in [0.4, 0.5) is 10.5 Å². The summed E-state index contributed by atoms with van der Waals surface area (Å²) in [6.45, 7) is 3.17. The number of hydrogen-bond donors (Lipinski definition) is 2. The molecule has 0 radical (unpaired) electrons. The van der Waals surface area contributed by atoms with E-state index in [-0.39, 0.29) is 23.9 Å². The van der Waals surface area contributed by atoms with Crippen LogP contribution in [-0.2, 0) is 4.79 Å². The normalized spacial score (nSPS) is 16.0. The minimum atomic E-state index is -0.0664. The molecule has 1 heterocycles. The number of urea groups is 1. The maximum Gasteiger partial charge on any atom is 0.317 e. The van der Waals surface area contributed by atoms with Crippen molar-refractivity contribution >= 4 is 17.6 Å². The molecule has 3 rings (SSSR count). The Hall–Kier alpha value is -2.82. The van der Waals surface area contributed by atoms with Crippen LogP contribution in [0.5, 0.6) is 0 Å². The van der Waals surface area contributed by atoms with Gasteiger partial charge < -0.3 is 15.5 Å². The number of nitrogens with zero attached hydrogens (tertiary/aromatic N) is 1. The highest BCUT2D eigenvalue weighted by Crippen LogP contribution is 2.20. The van der Waals surface area contributed by atoms with Crippen LogP contribution >= 0.6 is 0 Å². The number of carbonyl (C=O) groups is 2. The van der Waals surface area contributed by atoms with Crippen LogP contribution in [0.15, 0.2) is 60.7 Å². The average Bonchev–Trinajstić information content (AvgIpc) is 2.69. The first-order valence-electron chi connectivity index (χ1n) is 9.10. The number of piperidine rings is 1. The molecule has 1 unspecified atom stereocenters. The molecule has 0 spiro atoms. The van der Waals surface area contributed by atoms with Crippen LogP contribution in [0, 0.1) is 5.92 Å². The SMILES string of the molecule is CC(NC(=O)N1CCC(C(=O)Nc2ccccc2)CC1)c1ccccc1. The molecule has 0 bridgehead atoms. The summed E-state index contributed by atoms with van der Waals surface area (Å²) in [5.41, 5.74) is 1.90. The summed E-state index contributed by atoms with van der Waals surface area (Å²) in [6, 6.07) is 19.3. The van der Waals surface area contributed by atoms with E-state index >= 15 is 0 Å². The van der Waals surface area contributed by atoms with Crippen molar-refractivity contribution in [3.8, 4) is 0 Å². The molecule has 1 aliphatic rings. The summed E-state index contributed by atoms with van der Waals surface area (Å²) < 4.78 is 0. The number of nitrogens with one attached hydrogen (secondary N) is 2. The molecular weight excluding hydrogens is 326 g/mol. The summed E-state index contributed by atoms with van der Waals surface area (Å²) in [6.07, 6.45) is 1.37. The number of benzene rings is 2. The van der Waals surface area contributed by atoms with Gasteiger partial charge in [0.05, 0.1) is 6.04 Å². The molecule has 2 aromatic rings. The molecule has 1 saturated heterocycles. The lowest BCUT2D eigenvalue weighted by Gasteiger charge is -2.32. The van der Waals surface area contributed by atoms with E-state index in [0.29, 0.717) is 25.9 Å². The Morgan fingerprint density at radius 3 is 2.15 bits per heavy atom. The Morgan fingerprint density at radius 1 is 0.962 bits per heavy atom. The fraction of sp³-hybridized carbons (Fsp3) is 0.333. The summed E-state index contributed by atoms with van der Waals surface area (Å²) in [5, 5.41) is 5.99. The Balaban J connectivity index is 1.47. The summed E-state index contributed by atoms with van der Waals surface area (Å²) in [7, 11) is 0. The first kappa shape index (κ1) is 18.0. The van der Waals surface area contributed by atoms with Gasteiger partial charge in [-0.05, 0) is 37.5 Å². The Kier molecular flexibility index (Phi) is 5.89. The number of amides is 3. The van der Waals surface area contributed by atoms with E-state index in [9.17, 15) is 9.59 Å². The highest BCUT2D eigenvalue weighted by Gasteiger charge is 2.27. The van der Waals surface area contributed by atoms with Crippen LogP contribution < -0.4 is 10.6 Å². The molecule has 3 amide bonds. The number of anilines is 1. The van der Waals surface area contributed by atoms with Crippen molar-refractivity contribution < 1.29 is 9.59 Å². The van der Waals surface area contributed by atoms with Crippen molar-refractivity contribution in [2.24, 2.45) is 5.92 Å². The molecule has 1 aliphatic heterocycles. The minimum absolute atomic E-state index is 0.0360. The fourth-order valence-corrected chi connectivity index (χ4v) is 3.21. The smallest absolute Gasteiger partial charge is 0.317 e. The third kappa shape index (κ3) is 4.63. The number of likely N-dealkylation sites (tertiary alicyclic amines) is 1. The summed E-state index contributed by atoms with van der Waals surface area (Å²) in [5.74, 6) is -0.0142. The predicted molar refractivity (Wildman–Crippen MR) is 103 cm³/mol. The lowest BCUT2D eigenvalue weighted by Crippen LogP contribution is -2.46. The van der Waals surface area contributed by atoms with Crippen LogP contribution in [0.3, 0.4) is 0 Å². The van der Waals surface area contributed by atoms with E-state index in [0.717, 1.165) is 11.3 Å². The highest BCUT2D eigenvalue weighted by atomic mass is 16.2. The molecule has 1 fully saturated rings. The number of para-hydroxylation sites is 1. The maximum absolute atomic E-state index is 12.5. The van der Waals surface area contributed by atoms with E-state index in [1.54, 1.807) is 4.90 Å². The van der Waals surface area contributed by atoms with E-state index in [4.69, 9.17) is 0 Å². The van der Waals surface area contributed by atoms with Crippen molar-refractivity contribution in [1.29, 1.82) is 0 Å². The van der Waals surface area contributed by atoms with Gasteiger partial charge in [-0.25, -0.2) is 4.79 Å². The largest absolute Gasteiger partial charge is 0.331 e. The van der Waals surface area contributed by atoms with Gasteiger partial charge in [-0.2, -0.15) is 0 Å². The molecule has 5 nitrogen and oxygen atoms in total.